The second-order valence-electron chi connectivity index (χ2n) is 7.44. The van der Waals surface area contributed by atoms with Crippen LogP contribution in [0.5, 0.6) is 5.75 Å². The summed E-state index contributed by atoms with van der Waals surface area (Å²) in [5.41, 5.74) is 6.21. The van der Waals surface area contributed by atoms with Crippen LogP contribution in [-0.2, 0) is 16.0 Å². The summed E-state index contributed by atoms with van der Waals surface area (Å²) in [6.45, 7) is 4.85. The molecule has 0 aliphatic carbocycles. The van der Waals surface area contributed by atoms with Crippen molar-refractivity contribution in [2.75, 3.05) is 26.4 Å². The van der Waals surface area contributed by atoms with Crippen molar-refractivity contribution in [1.82, 2.24) is 10.9 Å². The molecule has 1 aliphatic heterocycles. The molecule has 1 heterocycles. The van der Waals surface area contributed by atoms with Gasteiger partial charge in [0.1, 0.15) is 18.2 Å². The zero-order chi connectivity index (χ0) is 22.8. The smallest absolute Gasteiger partial charge is 0.266 e. The van der Waals surface area contributed by atoms with Crippen LogP contribution in [0.3, 0.4) is 0 Å². The maximum Gasteiger partial charge on any atom is 0.266 e. The second-order valence-corrected chi connectivity index (χ2v) is 7.44. The number of halogens is 1. The van der Waals surface area contributed by atoms with Crippen LogP contribution >= 0.6 is 0 Å². The van der Waals surface area contributed by atoms with Gasteiger partial charge in [-0.15, -0.1) is 6.58 Å². The summed E-state index contributed by atoms with van der Waals surface area (Å²) in [4.78, 5) is 17.5. The molecule has 1 atom stereocenters. The molecule has 0 saturated heterocycles. The van der Waals surface area contributed by atoms with Crippen molar-refractivity contribution < 1.29 is 23.8 Å². The average Bonchev–Trinajstić information content (AvgIpc) is 3.24. The van der Waals surface area contributed by atoms with Crippen molar-refractivity contribution in [1.29, 1.82) is 0 Å². The van der Waals surface area contributed by atoms with Gasteiger partial charge in [-0.3, -0.25) is 10.2 Å². The Morgan fingerprint density at radius 2 is 2.00 bits per heavy atom. The lowest BCUT2D eigenvalue weighted by atomic mass is 9.97. The lowest BCUT2D eigenvalue weighted by molar-refractivity contribution is -0.127. The van der Waals surface area contributed by atoms with Gasteiger partial charge in [0, 0.05) is 31.6 Å². The van der Waals surface area contributed by atoms with Gasteiger partial charge in [-0.1, -0.05) is 18.2 Å². The highest BCUT2D eigenvalue weighted by atomic mass is 19.1. The summed E-state index contributed by atoms with van der Waals surface area (Å²) in [5, 5.41) is 8.83. The van der Waals surface area contributed by atoms with Gasteiger partial charge in [-0.25, -0.2) is 14.8 Å². The van der Waals surface area contributed by atoms with Crippen LogP contribution in [0, 0.1) is 5.82 Å². The van der Waals surface area contributed by atoms with Crippen molar-refractivity contribution in [3.63, 3.8) is 0 Å². The van der Waals surface area contributed by atoms with Crippen molar-refractivity contribution >= 4 is 11.8 Å². The zero-order valence-corrected chi connectivity index (χ0v) is 17.9. The molecular formula is C24H28FN3O4. The van der Waals surface area contributed by atoms with Gasteiger partial charge in [0.25, 0.3) is 5.91 Å². The number of amides is 1. The van der Waals surface area contributed by atoms with Gasteiger partial charge in [0.05, 0.1) is 6.61 Å². The van der Waals surface area contributed by atoms with Crippen LogP contribution in [0.2, 0.25) is 0 Å². The number of ether oxygens (including phenoxy) is 2. The fourth-order valence-corrected chi connectivity index (χ4v) is 3.21. The molecule has 0 spiro atoms. The fraction of sp³-hybridized carbons (Fsp3) is 0.333. The monoisotopic (exact) mass is 441 g/mol. The van der Waals surface area contributed by atoms with E-state index < -0.39 is 5.54 Å². The summed E-state index contributed by atoms with van der Waals surface area (Å²) < 4.78 is 24.3. The van der Waals surface area contributed by atoms with Gasteiger partial charge < -0.3 is 14.6 Å². The number of hydrogen-bond donors (Lipinski definition) is 3. The van der Waals surface area contributed by atoms with Gasteiger partial charge in [0.15, 0.2) is 5.54 Å². The molecule has 0 fully saturated rings. The minimum atomic E-state index is -1.10. The van der Waals surface area contributed by atoms with Crippen LogP contribution in [0.1, 0.15) is 24.0 Å². The van der Waals surface area contributed by atoms with Crippen molar-refractivity contribution in [2.45, 2.75) is 24.8 Å². The van der Waals surface area contributed by atoms with Gasteiger partial charge in [-0.05, 0) is 48.4 Å². The van der Waals surface area contributed by atoms with Crippen LogP contribution < -0.4 is 15.6 Å². The third-order valence-corrected chi connectivity index (χ3v) is 4.99. The molecule has 3 rings (SSSR count). The zero-order valence-electron chi connectivity index (χ0n) is 17.9. The second kappa shape index (κ2) is 11.4. The molecule has 32 heavy (non-hydrogen) atoms. The van der Waals surface area contributed by atoms with Gasteiger partial charge in [0.2, 0.25) is 5.90 Å². The predicted octanol–water partition coefficient (Wildman–Crippen LogP) is 2.54. The van der Waals surface area contributed by atoms with Crippen LogP contribution in [-0.4, -0.2) is 48.8 Å². The quantitative estimate of drug-likeness (QED) is 0.268. The van der Waals surface area contributed by atoms with Crippen LogP contribution in [0.4, 0.5) is 4.39 Å². The molecule has 0 saturated carbocycles. The van der Waals surface area contributed by atoms with E-state index in [1.807, 2.05) is 12.1 Å². The van der Waals surface area contributed by atoms with Crippen molar-refractivity contribution in [2.24, 2.45) is 4.99 Å². The van der Waals surface area contributed by atoms with Crippen molar-refractivity contribution in [3.05, 3.63) is 78.1 Å². The highest BCUT2D eigenvalue weighted by Gasteiger charge is 2.43. The number of hydrogen-bond acceptors (Lipinski definition) is 6. The minimum Gasteiger partial charge on any atom is -0.494 e. The van der Waals surface area contributed by atoms with Gasteiger partial charge >= 0.3 is 0 Å². The van der Waals surface area contributed by atoms with Crippen molar-refractivity contribution in [3.8, 4) is 5.75 Å². The number of hydrazine groups is 1. The Morgan fingerprint density at radius 3 is 2.69 bits per heavy atom. The molecule has 8 heteroatoms. The highest BCUT2D eigenvalue weighted by molar-refractivity contribution is 6.00. The molecule has 0 bridgehead atoms. The number of aliphatic hydroxyl groups is 1. The molecular weight excluding hydrogens is 413 g/mol. The van der Waals surface area contributed by atoms with Crippen LogP contribution in [0.15, 0.2) is 66.2 Å². The Bertz CT molecular complexity index is 931. The van der Waals surface area contributed by atoms with E-state index in [1.165, 1.54) is 12.1 Å². The van der Waals surface area contributed by atoms with E-state index in [-0.39, 0.29) is 24.9 Å². The fourth-order valence-electron chi connectivity index (χ4n) is 3.21. The van der Waals surface area contributed by atoms with E-state index in [1.54, 1.807) is 30.3 Å². The van der Waals surface area contributed by atoms with E-state index in [9.17, 15) is 9.18 Å². The van der Waals surface area contributed by atoms with E-state index in [0.29, 0.717) is 44.1 Å². The Labute approximate surface area is 186 Å². The summed E-state index contributed by atoms with van der Waals surface area (Å²) in [5.74, 6) is 0.479. The maximum absolute atomic E-state index is 13.0. The minimum absolute atomic E-state index is 0.0806. The maximum atomic E-state index is 13.0. The molecule has 0 unspecified atom stereocenters. The number of aliphatic imine (C=N–C) groups is 1. The highest BCUT2D eigenvalue weighted by Crippen LogP contribution is 2.27. The molecule has 0 aromatic heterocycles. The summed E-state index contributed by atoms with van der Waals surface area (Å²) >= 11 is 0. The first-order valence-electron chi connectivity index (χ1n) is 10.5. The van der Waals surface area contributed by atoms with Crippen LogP contribution in [0.25, 0.3) is 0 Å². The molecule has 3 N–H and O–H groups in total. The Balaban J connectivity index is 1.58. The number of carbonyl (C=O) groups excluding carboxylic acids is 1. The molecule has 170 valence electrons. The SMILES string of the molecule is C=CC[C@@]1(C(=O)NNCCc2ccc(F)cc2)COC(c2ccc(OCCCO)cc2)=N1. The summed E-state index contributed by atoms with van der Waals surface area (Å²) in [6, 6.07) is 13.5. The Kier molecular flexibility index (Phi) is 8.35. The van der Waals surface area contributed by atoms with E-state index >= 15 is 0 Å². The molecule has 1 aliphatic rings. The first-order chi connectivity index (χ1) is 15.6. The predicted molar refractivity (Wildman–Crippen MR) is 120 cm³/mol. The first kappa shape index (κ1) is 23.4. The third kappa shape index (κ3) is 6.15. The Hall–Kier alpha value is -3.23. The van der Waals surface area contributed by atoms with E-state index in [4.69, 9.17) is 14.6 Å². The van der Waals surface area contributed by atoms with Gasteiger partial charge in [-0.2, -0.15) is 0 Å². The average molecular weight is 442 g/mol. The number of nitrogens with one attached hydrogen (secondary N) is 2. The topological polar surface area (TPSA) is 92.2 Å². The summed E-state index contributed by atoms with van der Waals surface area (Å²) in [7, 11) is 0. The Morgan fingerprint density at radius 1 is 1.25 bits per heavy atom. The molecule has 1 amide bonds. The standard InChI is InChI=1S/C24H28FN3O4/c1-2-13-24(23(30)28-26-14-12-18-4-8-20(25)9-5-18)17-32-22(27-24)19-6-10-21(11-7-19)31-16-3-15-29/h2,4-11,26,29H,1,3,12-17H2,(H,28,30)/t24-/m0/s1. The third-order valence-electron chi connectivity index (χ3n) is 4.99. The number of nitrogens with zero attached hydrogens (tertiary/aromatic N) is 1. The first-order valence-corrected chi connectivity index (χ1v) is 10.5. The lowest BCUT2D eigenvalue weighted by Gasteiger charge is -2.21. The van der Waals surface area contributed by atoms with E-state index in [2.05, 4.69) is 22.4 Å². The normalized spacial score (nSPS) is 17.4. The molecule has 7 nitrogen and oxygen atoms in total. The number of rotatable bonds is 12. The number of aliphatic hydroxyl groups excluding tert-OH is 1. The van der Waals surface area contributed by atoms with E-state index in [0.717, 1.165) is 11.1 Å². The lowest BCUT2D eigenvalue weighted by Crippen LogP contribution is -2.51. The molecule has 2 aromatic carbocycles. The molecule has 0 radical (unpaired) electrons. The largest absolute Gasteiger partial charge is 0.494 e. The number of carbonyl (C=O) groups is 1. The molecule has 2 aromatic rings. The number of benzene rings is 2. The summed E-state index contributed by atoms with van der Waals surface area (Å²) in [6.07, 6.45) is 3.16.